The molecule has 2 aromatic rings. The van der Waals surface area contributed by atoms with E-state index >= 15 is 0 Å². The van der Waals surface area contributed by atoms with Crippen molar-refractivity contribution in [2.45, 2.75) is 8.95 Å². The van der Waals surface area contributed by atoms with Crippen molar-refractivity contribution >= 4 is 58.2 Å². The molecule has 0 aliphatic rings. The molecule has 1 aromatic heterocycles. The number of aromatic nitrogens is 2. The van der Waals surface area contributed by atoms with Crippen molar-refractivity contribution in [1.29, 1.82) is 0 Å². The zero-order valence-electron chi connectivity index (χ0n) is 8.88. The summed E-state index contributed by atoms with van der Waals surface area (Å²) < 4.78 is 25.0. The lowest BCUT2D eigenvalue weighted by Gasteiger charge is -2.08. The Labute approximate surface area is 131 Å². The van der Waals surface area contributed by atoms with Gasteiger partial charge in [0.2, 0.25) is 0 Å². The molecule has 1 aromatic carbocycles. The van der Waals surface area contributed by atoms with E-state index in [9.17, 15) is 8.78 Å². The van der Waals surface area contributed by atoms with Gasteiger partial charge in [0.25, 0.3) is 0 Å². The van der Waals surface area contributed by atoms with E-state index < -0.39 is 9.74 Å². The van der Waals surface area contributed by atoms with Gasteiger partial charge in [-0.25, -0.2) is 9.37 Å². The highest BCUT2D eigenvalue weighted by Gasteiger charge is 2.25. The molecule has 0 saturated heterocycles. The normalized spacial score (nSPS) is 11.9. The summed E-state index contributed by atoms with van der Waals surface area (Å²) in [6, 6.07) is 2.22. The molecule has 0 spiro atoms. The van der Waals surface area contributed by atoms with E-state index in [0.29, 0.717) is 17.4 Å². The zero-order valence-corrected chi connectivity index (χ0v) is 12.7. The Hall–Kier alpha value is -0.200. The van der Waals surface area contributed by atoms with Gasteiger partial charge in [0, 0.05) is 6.20 Å². The largest absolute Gasteiger partial charge is 0.310 e. The standard InChI is InChI=1S/C10H4Cl4F2N2S/c11-6-1-5(15)2-7(12)9(6)18-3-8(17-4-18)19-10(13,14)16/h1-4H. The summed E-state index contributed by atoms with van der Waals surface area (Å²) in [5, 5.41) is 0.424. The summed E-state index contributed by atoms with van der Waals surface area (Å²) in [4.78, 5) is 3.89. The second-order valence-electron chi connectivity index (χ2n) is 3.39. The van der Waals surface area contributed by atoms with Crippen LogP contribution < -0.4 is 0 Å². The smallest absolute Gasteiger partial charge is 0.302 e. The summed E-state index contributed by atoms with van der Waals surface area (Å²) in [6.45, 7) is 0. The lowest BCUT2D eigenvalue weighted by atomic mass is 10.3. The van der Waals surface area contributed by atoms with Gasteiger partial charge in [0.1, 0.15) is 17.2 Å². The minimum absolute atomic E-state index is 0.0993. The van der Waals surface area contributed by atoms with Crippen LogP contribution in [0.25, 0.3) is 5.69 Å². The number of rotatable bonds is 3. The summed E-state index contributed by atoms with van der Waals surface area (Å²) in [6.07, 6.45) is 2.77. The second-order valence-corrected chi connectivity index (χ2v) is 7.07. The third-order valence-electron chi connectivity index (χ3n) is 2.02. The molecule has 19 heavy (non-hydrogen) atoms. The van der Waals surface area contributed by atoms with Crippen molar-refractivity contribution < 1.29 is 8.78 Å². The highest BCUT2D eigenvalue weighted by molar-refractivity contribution is 8.03. The van der Waals surface area contributed by atoms with Gasteiger partial charge < -0.3 is 4.57 Å². The molecule has 9 heteroatoms. The lowest BCUT2D eigenvalue weighted by Crippen LogP contribution is -1.95. The van der Waals surface area contributed by atoms with Gasteiger partial charge >= 0.3 is 3.92 Å². The quantitative estimate of drug-likeness (QED) is 0.531. The zero-order chi connectivity index (χ0) is 14.2. The van der Waals surface area contributed by atoms with Crippen molar-refractivity contribution in [3.63, 3.8) is 0 Å². The molecule has 2 rings (SSSR count). The van der Waals surface area contributed by atoms with Crippen LogP contribution in [-0.2, 0) is 0 Å². The minimum atomic E-state index is -2.49. The van der Waals surface area contributed by atoms with Crippen LogP contribution in [0.4, 0.5) is 8.78 Å². The van der Waals surface area contributed by atoms with Gasteiger partial charge in [-0.3, -0.25) is 0 Å². The van der Waals surface area contributed by atoms with Crippen molar-refractivity contribution in [2.24, 2.45) is 0 Å². The van der Waals surface area contributed by atoms with Crippen molar-refractivity contribution in [1.82, 2.24) is 9.55 Å². The molecular weight excluding hydrogens is 360 g/mol. The maximum absolute atomic E-state index is 13.1. The highest BCUT2D eigenvalue weighted by atomic mass is 35.5. The molecule has 2 nitrogen and oxygen atoms in total. The van der Waals surface area contributed by atoms with Gasteiger partial charge in [-0.1, -0.05) is 46.4 Å². The number of hydrogen-bond acceptors (Lipinski definition) is 2. The fourth-order valence-electron chi connectivity index (χ4n) is 1.38. The van der Waals surface area contributed by atoms with Gasteiger partial charge in [0.15, 0.2) is 0 Å². The molecule has 0 fully saturated rings. The maximum atomic E-state index is 13.1. The Balaban J connectivity index is 2.39. The van der Waals surface area contributed by atoms with Crippen LogP contribution in [0.2, 0.25) is 10.0 Å². The number of alkyl halides is 3. The first kappa shape index (κ1) is 15.2. The lowest BCUT2D eigenvalue weighted by molar-refractivity contribution is 0.515. The molecule has 0 atom stereocenters. The number of hydrogen-bond donors (Lipinski definition) is 0. The molecule has 102 valence electrons. The van der Waals surface area contributed by atoms with E-state index in [1.165, 1.54) is 17.1 Å². The van der Waals surface area contributed by atoms with Crippen molar-refractivity contribution in [3.05, 3.63) is 40.5 Å². The first-order valence-corrected chi connectivity index (χ1v) is 7.04. The van der Waals surface area contributed by atoms with Crippen LogP contribution in [0.15, 0.2) is 29.7 Å². The topological polar surface area (TPSA) is 17.8 Å². The highest BCUT2D eigenvalue weighted by Crippen LogP contribution is 2.41. The van der Waals surface area contributed by atoms with Gasteiger partial charge in [0.05, 0.1) is 15.7 Å². The van der Waals surface area contributed by atoms with Crippen LogP contribution >= 0.6 is 58.2 Å². The van der Waals surface area contributed by atoms with Crippen LogP contribution in [0.3, 0.4) is 0 Å². The summed E-state index contributed by atoms with van der Waals surface area (Å²) in [5.41, 5.74) is 0.331. The molecule has 0 radical (unpaired) electrons. The van der Waals surface area contributed by atoms with Gasteiger partial charge in [-0.2, -0.15) is 4.39 Å². The van der Waals surface area contributed by atoms with Crippen LogP contribution in [0.1, 0.15) is 0 Å². The van der Waals surface area contributed by atoms with Gasteiger partial charge in [-0.05, 0) is 23.9 Å². The Kier molecular flexibility index (Phi) is 4.52. The average molecular weight is 364 g/mol. The molecule has 0 aliphatic carbocycles. The Morgan fingerprint density at radius 3 is 2.32 bits per heavy atom. The summed E-state index contributed by atoms with van der Waals surface area (Å²) >= 11 is 22.7. The SMILES string of the molecule is Fc1cc(Cl)c(-n2cnc(SC(F)(Cl)Cl)c2)c(Cl)c1. The van der Waals surface area contributed by atoms with Crippen molar-refractivity contribution in [2.75, 3.05) is 0 Å². The number of nitrogens with zero attached hydrogens (tertiary/aromatic N) is 2. The van der Waals surface area contributed by atoms with E-state index in [2.05, 4.69) is 4.98 Å². The Morgan fingerprint density at radius 1 is 1.21 bits per heavy atom. The monoisotopic (exact) mass is 362 g/mol. The first-order valence-electron chi connectivity index (χ1n) is 4.71. The first-order chi connectivity index (χ1) is 8.76. The fraction of sp³-hybridized carbons (Fsp3) is 0.100. The second kappa shape index (κ2) is 5.66. The molecule has 0 saturated carbocycles. The number of halogens is 6. The summed E-state index contributed by atoms with van der Waals surface area (Å²) in [7, 11) is 0. The van der Waals surface area contributed by atoms with E-state index in [1.807, 2.05) is 0 Å². The summed E-state index contributed by atoms with van der Waals surface area (Å²) in [5.74, 6) is -0.558. The predicted octanol–water partition coefficient (Wildman–Crippen LogP) is 5.47. The molecular formula is C10H4Cl4F2N2S. The molecule has 0 unspecified atom stereocenters. The molecule has 0 N–H and O–H groups in total. The van der Waals surface area contributed by atoms with E-state index in [0.717, 1.165) is 12.1 Å². The van der Waals surface area contributed by atoms with Gasteiger partial charge in [-0.15, -0.1) is 0 Å². The number of thioether (sulfide) groups is 1. The number of benzene rings is 1. The minimum Gasteiger partial charge on any atom is -0.302 e. The van der Waals surface area contributed by atoms with E-state index in [1.54, 1.807) is 0 Å². The van der Waals surface area contributed by atoms with Crippen molar-refractivity contribution in [3.8, 4) is 5.69 Å². The average Bonchev–Trinajstić information content (AvgIpc) is 2.61. The third kappa shape index (κ3) is 3.89. The Bertz CT molecular complexity index is 589. The number of imidazole rings is 1. The third-order valence-corrected chi connectivity index (χ3v) is 3.71. The maximum Gasteiger partial charge on any atom is 0.310 e. The predicted molar refractivity (Wildman–Crippen MR) is 74.9 cm³/mol. The van der Waals surface area contributed by atoms with Crippen LogP contribution in [0.5, 0.6) is 0 Å². The molecule has 0 bridgehead atoms. The van der Waals surface area contributed by atoms with Crippen LogP contribution in [0, 0.1) is 5.82 Å². The fourth-order valence-corrected chi connectivity index (χ4v) is 3.01. The molecule has 0 aliphatic heterocycles. The van der Waals surface area contributed by atoms with E-state index in [4.69, 9.17) is 46.4 Å². The molecule has 1 heterocycles. The Morgan fingerprint density at radius 2 is 1.79 bits per heavy atom. The van der Waals surface area contributed by atoms with E-state index in [-0.39, 0.29) is 15.1 Å². The van der Waals surface area contributed by atoms with Crippen LogP contribution in [-0.4, -0.2) is 13.5 Å². The molecule has 0 amide bonds.